The highest BCUT2D eigenvalue weighted by molar-refractivity contribution is 5.03. The smallest absolute Gasteiger partial charge is 0.208 e. The predicted molar refractivity (Wildman–Crippen MR) is 113 cm³/mol. The maximum absolute atomic E-state index is 3.45. The van der Waals surface area contributed by atoms with Crippen LogP contribution in [0.2, 0.25) is 0 Å². The lowest BCUT2D eigenvalue weighted by atomic mass is 10.1. The van der Waals surface area contributed by atoms with E-state index in [0.717, 1.165) is 26.2 Å². The van der Waals surface area contributed by atoms with Crippen molar-refractivity contribution >= 4 is 0 Å². The van der Waals surface area contributed by atoms with Crippen molar-refractivity contribution in [3.8, 4) is 0 Å². The van der Waals surface area contributed by atoms with Crippen LogP contribution in [-0.4, -0.2) is 67.3 Å². The van der Waals surface area contributed by atoms with Gasteiger partial charge in [0.05, 0.1) is 0 Å². The summed E-state index contributed by atoms with van der Waals surface area (Å²) in [6.45, 7) is 30.8. The van der Waals surface area contributed by atoms with Gasteiger partial charge in [-0.25, -0.2) is 0 Å². The van der Waals surface area contributed by atoms with Gasteiger partial charge in [0.1, 0.15) is 0 Å². The van der Waals surface area contributed by atoms with Crippen molar-refractivity contribution in [2.24, 2.45) is 0 Å². The Morgan fingerprint density at radius 2 is 1.00 bits per heavy atom. The van der Waals surface area contributed by atoms with Crippen molar-refractivity contribution in [2.45, 2.75) is 78.9 Å². The SMILES string of the molecule is CC(C)(C)N1[C]N(CCN(CCN2[C]N(C(C)(C)C)C=C2)C(C)(C)C)C=C1. The zero-order chi connectivity index (χ0) is 20.5. The fourth-order valence-corrected chi connectivity index (χ4v) is 2.94. The Labute approximate surface area is 168 Å². The molecular formula is C22H39N5. The molecule has 0 aromatic carbocycles. The second kappa shape index (κ2) is 7.94. The topological polar surface area (TPSA) is 16.2 Å². The summed E-state index contributed by atoms with van der Waals surface area (Å²) < 4.78 is 0. The largest absolute Gasteiger partial charge is 0.345 e. The Morgan fingerprint density at radius 3 is 1.26 bits per heavy atom. The molecule has 0 saturated carbocycles. The van der Waals surface area contributed by atoms with E-state index in [-0.39, 0.29) is 16.6 Å². The van der Waals surface area contributed by atoms with Crippen molar-refractivity contribution in [1.82, 2.24) is 24.5 Å². The molecule has 0 fully saturated rings. The van der Waals surface area contributed by atoms with E-state index in [9.17, 15) is 0 Å². The summed E-state index contributed by atoms with van der Waals surface area (Å²) in [4.78, 5) is 11.2. The van der Waals surface area contributed by atoms with Crippen LogP contribution in [-0.2, 0) is 0 Å². The summed E-state index contributed by atoms with van der Waals surface area (Å²) >= 11 is 0. The molecule has 0 spiro atoms. The molecule has 5 heteroatoms. The molecule has 27 heavy (non-hydrogen) atoms. The van der Waals surface area contributed by atoms with Crippen molar-refractivity contribution < 1.29 is 0 Å². The van der Waals surface area contributed by atoms with E-state index in [1.54, 1.807) is 0 Å². The molecular weight excluding hydrogens is 334 g/mol. The van der Waals surface area contributed by atoms with Crippen LogP contribution in [0.3, 0.4) is 0 Å². The molecule has 0 saturated heterocycles. The highest BCUT2D eigenvalue weighted by atomic mass is 15.4. The Hall–Kier alpha value is -1.36. The van der Waals surface area contributed by atoms with Gasteiger partial charge in [0, 0.05) is 67.6 Å². The number of hydrogen-bond donors (Lipinski definition) is 0. The maximum Gasteiger partial charge on any atom is 0.208 e. The third-order valence-corrected chi connectivity index (χ3v) is 4.88. The molecule has 0 aromatic heterocycles. The molecule has 0 amide bonds. The summed E-state index contributed by atoms with van der Waals surface area (Å²) in [5, 5.41) is 0. The van der Waals surface area contributed by atoms with E-state index in [0.29, 0.717) is 0 Å². The summed E-state index contributed by atoms with van der Waals surface area (Å²) in [7, 11) is 0. The molecule has 2 rings (SSSR count). The molecule has 0 unspecified atom stereocenters. The molecule has 2 aliphatic rings. The molecule has 0 atom stereocenters. The number of hydrogen-bond acceptors (Lipinski definition) is 5. The van der Waals surface area contributed by atoms with Crippen LogP contribution in [0.25, 0.3) is 0 Å². The first kappa shape index (κ1) is 21.9. The molecule has 5 nitrogen and oxygen atoms in total. The molecule has 152 valence electrons. The Bertz CT molecular complexity index is 490. The van der Waals surface area contributed by atoms with Crippen molar-refractivity contribution in [1.29, 1.82) is 0 Å². The van der Waals surface area contributed by atoms with Crippen molar-refractivity contribution in [3.05, 3.63) is 38.1 Å². The minimum Gasteiger partial charge on any atom is -0.345 e. The van der Waals surface area contributed by atoms with Gasteiger partial charge in [-0.15, -0.1) is 0 Å². The fraction of sp³-hybridized carbons (Fsp3) is 0.727. The summed E-state index contributed by atoms with van der Waals surface area (Å²) in [6.07, 6.45) is 8.47. The molecule has 0 bridgehead atoms. The normalized spacial score (nSPS) is 18.6. The highest BCUT2D eigenvalue weighted by Crippen LogP contribution is 2.24. The number of nitrogens with zero attached hydrogens (tertiary/aromatic N) is 5. The van der Waals surface area contributed by atoms with Crippen molar-refractivity contribution in [3.63, 3.8) is 0 Å². The lowest BCUT2D eigenvalue weighted by molar-refractivity contribution is 0.111. The fourth-order valence-electron chi connectivity index (χ4n) is 2.94. The Morgan fingerprint density at radius 1 is 0.630 bits per heavy atom. The summed E-state index contributed by atoms with van der Waals surface area (Å²) in [5.41, 5.74) is 0.267. The molecule has 0 N–H and O–H groups in total. The number of rotatable bonds is 6. The van der Waals surface area contributed by atoms with Gasteiger partial charge >= 0.3 is 0 Å². The standard InChI is InChI=1S/C22H39N5/c1-20(2,3)25(14-10-23-12-16-26(18-23)21(4,5)6)15-11-24-13-17-27(19-24)22(7,8)9/h12-13,16-17H,10-11,14-15H2,1-9H3. The van der Waals surface area contributed by atoms with E-state index >= 15 is 0 Å². The second-order valence-corrected chi connectivity index (χ2v) is 10.4. The second-order valence-electron chi connectivity index (χ2n) is 10.4. The van der Waals surface area contributed by atoms with Crippen LogP contribution >= 0.6 is 0 Å². The zero-order valence-electron chi connectivity index (χ0n) is 18.9. The Kier molecular flexibility index (Phi) is 6.45. The monoisotopic (exact) mass is 373 g/mol. The van der Waals surface area contributed by atoms with E-state index in [2.05, 4.69) is 125 Å². The first-order valence-corrected chi connectivity index (χ1v) is 10.0. The molecule has 4 radical (unpaired) electrons. The average Bonchev–Trinajstić information content (AvgIpc) is 3.13. The first-order chi connectivity index (χ1) is 12.3. The lowest BCUT2D eigenvalue weighted by Gasteiger charge is -2.38. The minimum absolute atomic E-state index is 0.0711. The molecule has 0 aromatic rings. The third kappa shape index (κ3) is 6.34. The quantitative estimate of drug-likeness (QED) is 0.701. The van der Waals surface area contributed by atoms with Gasteiger partial charge in [-0.3, -0.25) is 4.90 Å². The van der Waals surface area contributed by atoms with E-state index in [1.165, 1.54) is 0 Å². The van der Waals surface area contributed by atoms with Gasteiger partial charge in [-0.1, -0.05) is 0 Å². The van der Waals surface area contributed by atoms with Crippen molar-refractivity contribution in [2.75, 3.05) is 26.2 Å². The Balaban J connectivity index is 1.82. The lowest BCUT2D eigenvalue weighted by Crippen LogP contribution is -2.48. The van der Waals surface area contributed by atoms with Crippen LogP contribution in [0.15, 0.2) is 24.8 Å². The van der Waals surface area contributed by atoms with Gasteiger partial charge in [-0.05, 0) is 62.3 Å². The van der Waals surface area contributed by atoms with E-state index < -0.39 is 0 Å². The summed E-state index contributed by atoms with van der Waals surface area (Å²) in [6, 6.07) is 0. The van der Waals surface area contributed by atoms with E-state index in [4.69, 9.17) is 0 Å². The van der Waals surface area contributed by atoms with Gasteiger partial charge in [-0.2, -0.15) is 0 Å². The average molecular weight is 374 g/mol. The van der Waals surface area contributed by atoms with Gasteiger partial charge < -0.3 is 19.6 Å². The van der Waals surface area contributed by atoms with Gasteiger partial charge in [0.2, 0.25) is 13.3 Å². The zero-order valence-corrected chi connectivity index (χ0v) is 18.9. The first-order valence-electron chi connectivity index (χ1n) is 10.0. The van der Waals surface area contributed by atoms with E-state index in [1.807, 2.05) is 0 Å². The molecule has 2 aliphatic heterocycles. The summed E-state index contributed by atoms with van der Waals surface area (Å²) in [5.74, 6) is 0. The maximum atomic E-state index is 3.45. The molecule has 2 heterocycles. The van der Waals surface area contributed by atoms with Crippen LogP contribution < -0.4 is 0 Å². The van der Waals surface area contributed by atoms with Crippen LogP contribution in [0.5, 0.6) is 0 Å². The minimum atomic E-state index is 0.0711. The third-order valence-electron chi connectivity index (χ3n) is 4.88. The molecule has 0 aliphatic carbocycles. The highest BCUT2D eigenvalue weighted by Gasteiger charge is 2.28. The predicted octanol–water partition coefficient (Wildman–Crippen LogP) is 3.85. The van der Waals surface area contributed by atoms with Gasteiger partial charge in [0.15, 0.2) is 0 Å². The van der Waals surface area contributed by atoms with Gasteiger partial charge in [0.25, 0.3) is 0 Å². The van der Waals surface area contributed by atoms with Crippen LogP contribution in [0.4, 0.5) is 0 Å². The van der Waals surface area contributed by atoms with Crippen LogP contribution in [0, 0.1) is 13.3 Å². The van der Waals surface area contributed by atoms with Crippen LogP contribution in [0.1, 0.15) is 62.3 Å².